The van der Waals surface area contributed by atoms with Crippen molar-refractivity contribution in [2.75, 3.05) is 33.0 Å². The van der Waals surface area contributed by atoms with Crippen molar-refractivity contribution >= 4 is 29.5 Å². The van der Waals surface area contributed by atoms with E-state index >= 15 is 0 Å². The van der Waals surface area contributed by atoms with Crippen LogP contribution in [0.2, 0.25) is 0 Å². The Morgan fingerprint density at radius 2 is 1.59 bits per heavy atom. The lowest BCUT2D eigenvalue weighted by molar-refractivity contribution is -0.143. The average molecular weight is 574 g/mol. The number of fused-ring (bicyclic) bond motifs is 3. The van der Waals surface area contributed by atoms with Gasteiger partial charge in [-0.1, -0.05) is 46.6 Å². The lowest BCUT2D eigenvalue weighted by atomic mass is 9.80. The zero-order chi connectivity index (χ0) is 30.0. The SMILES string of the molecule is C=C(C)NC(=O)N[C@H](C(=O)N1CC2(C[C@H]1C(=O)NC(CC1CCC1)C(=O)C(N)=O)C1(COC1)C21COC1)C(C)(C)C. The van der Waals surface area contributed by atoms with E-state index in [4.69, 9.17) is 15.2 Å². The molecule has 3 saturated heterocycles. The van der Waals surface area contributed by atoms with Crippen LogP contribution in [-0.2, 0) is 28.7 Å². The van der Waals surface area contributed by atoms with Gasteiger partial charge in [-0.3, -0.25) is 19.2 Å². The first kappa shape index (κ1) is 29.5. The largest absolute Gasteiger partial charge is 0.380 e. The third-order valence-corrected chi connectivity index (χ3v) is 10.4. The second-order valence-corrected chi connectivity index (χ2v) is 13.9. The van der Waals surface area contributed by atoms with Gasteiger partial charge < -0.3 is 36.1 Å². The first-order valence-electron chi connectivity index (χ1n) is 14.5. The second kappa shape index (κ2) is 10.1. The molecule has 0 aromatic carbocycles. The maximum Gasteiger partial charge on any atom is 0.319 e. The minimum absolute atomic E-state index is 0.178. The average Bonchev–Trinajstić information content (AvgIpc) is 3.12. The van der Waals surface area contributed by atoms with Gasteiger partial charge >= 0.3 is 6.03 Å². The molecule has 5 rings (SSSR count). The lowest BCUT2D eigenvalue weighted by Gasteiger charge is -2.37. The van der Waals surface area contributed by atoms with E-state index in [1.807, 2.05) is 20.8 Å². The monoisotopic (exact) mass is 573 g/mol. The van der Waals surface area contributed by atoms with E-state index in [9.17, 15) is 24.0 Å². The van der Waals surface area contributed by atoms with Crippen molar-refractivity contribution in [1.82, 2.24) is 20.9 Å². The number of urea groups is 1. The van der Waals surface area contributed by atoms with Crippen LogP contribution < -0.4 is 21.7 Å². The van der Waals surface area contributed by atoms with Crippen molar-refractivity contribution in [1.29, 1.82) is 0 Å². The van der Waals surface area contributed by atoms with Gasteiger partial charge in [0, 0.05) is 28.5 Å². The number of hydrogen-bond donors (Lipinski definition) is 4. The third kappa shape index (κ3) is 4.54. The minimum Gasteiger partial charge on any atom is -0.380 e. The quantitative estimate of drug-likeness (QED) is 0.293. The molecule has 3 heterocycles. The fourth-order valence-corrected chi connectivity index (χ4v) is 7.71. The van der Waals surface area contributed by atoms with Gasteiger partial charge in [0.2, 0.25) is 17.6 Å². The molecule has 5 fully saturated rings. The maximum atomic E-state index is 14.3. The molecular weight excluding hydrogens is 530 g/mol. The van der Waals surface area contributed by atoms with E-state index in [1.165, 1.54) is 0 Å². The number of primary amides is 1. The Bertz CT molecular complexity index is 1140. The first-order valence-corrected chi connectivity index (χ1v) is 14.5. The summed E-state index contributed by atoms with van der Waals surface area (Å²) in [5.41, 5.74) is 4.34. The summed E-state index contributed by atoms with van der Waals surface area (Å²) < 4.78 is 11.3. The number of carbonyl (C=O) groups excluding carboxylic acids is 5. The molecule has 2 aliphatic carbocycles. The van der Waals surface area contributed by atoms with Crippen molar-refractivity contribution in [2.24, 2.45) is 33.3 Å². The standard InChI is InChI=1S/C29H43N5O7/c1-16(2)31-25(39)33-21(26(3,4)5)24(38)34-11-27(28(12-40-13-28)29(27)14-41-15-29)10-19(34)23(37)32-18(20(35)22(30)36)9-17-7-6-8-17/h17-19,21H,1,6-15H2,2-5H3,(H2,30,36)(H,32,37)(H2,31,33,39)/t18?,19-,21+/m0/s1. The van der Waals surface area contributed by atoms with Gasteiger partial charge in [0.1, 0.15) is 12.1 Å². The Kier molecular flexibility index (Phi) is 7.25. The van der Waals surface area contributed by atoms with Crippen LogP contribution in [0.1, 0.15) is 59.8 Å². The summed E-state index contributed by atoms with van der Waals surface area (Å²) in [5.74, 6) is -2.58. The Morgan fingerprint density at radius 3 is 2.00 bits per heavy atom. The van der Waals surface area contributed by atoms with Crippen molar-refractivity contribution in [3.63, 3.8) is 0 Å². The number of hydrogen-bond acceptors (Lipinski definition) is 7. The molecule has 3 aliphatic heterocycles. The molecule has 1 unspecified atom stereocenters. The topological polar surface area (TPSA) is 169 Å². The van der Waals surface area contributed by atoms with Crippen LogP contribution in [0.3, 0.4) is 0 Å². The smallest absolute Gasteiger partial charge is 0.319 e. The Balaban J connectivity index is 1.44. The Labute approximate surface area is 240 Å². The molecule has 0 radical (unpaired) electrons. The van der Waals surface area contributed by atoms with Crippen LogP contribution in [0, 0.1) is 27.6 Å². The molecule has 0 aromatic heterocycles. The van der Waals surface area contributed by atoms with E-state index in [-0.39, 0.29) is 28.1 Å². The summed E-state index contributed by atoms with van der Waals surface area (Å²) in [6.07, 6.45) is 3.60. The van der Waals surface area contributed by atoms with Gasteiger partial charge in [-0.2, -0.15) is 0 Å². The molecule has 5 aliphatic rings. The zero-order valence-corrected chi connectivity index (χ0v) is 24.5. The van der Waals surface area contributed by atoms with E-state index < -0.39 is 47.2 Å². The number of amides is 5. The molecule has 41 heavy (non-hydrogen) atoms. The van der Waals surface area contributed by atoms with E-state index in [2.05, 4.69) is 22.5 Å². The molecule has 3 atom stereocenters. The lowest BCUT2D eigenvalue weighted by Crippen LogP contribution is -2.60. The van der Waals surface area contributed by atoms with Gasteiger partial charge in [0.25, 0.3) is 5.91 Å². The summed E-state index contributed by atoms with van der Waals surface area (Å²) in [6, 6.07) is -3.46. The Hall–Kier alpha value is -2.99. The molecule has 3 spiro atoms. The fraction of sp³-hybridized carbons (Fsp3) is 0.759. The summed E-state index contributed by atoms with van der Waals surface area (Å²) in [7, 11) is 0. The number of Topliss-reactive ketones (excluding diaryl/α,β-unsaturated/α-hetero) is 1. The highest BCUT2D eigenvalue weighted by Gasteiger charge is 2.92. The number of nitrogens with one attached hydrogen (secondary N) is 3. The molecule has 12 heteroatoms. The number of likely N-dealkylation sites (tertiary alicyclic amines) is 1. The Morgan fingerprint density at radius 1 is 1.00 bits per heavy atom. The highest BCUT2D eigenvalue weighted by Crippen LogP contribution is 2.86. The number of nitrogens with two attached hydrogens (primary N) is 1. The van der Waals surface area contributed by atoms with E-state index in [1.54, 1.807) is 11.8 Å². The highest BCUT2D eigenvalue weighted by atomic mass is 16.5. The summed E-state index contributed by atoms with van der Waals surface area (Å²) >= 11 is 0. The van der Waals surface area contributed by atoms with Gasteiger partial charge in [0.05, 0.1) is 32.5 Å². The summed E-state index contributed by atoms with van der Waals surface area (Å²) in [6.45, 7) is 13.3. The van der Waals surface area contributed by atoms with Crippen LogP contribution in [0.4, 0.5) is 4.79 Å². The second-order valence-electron chi connectivity index (χ2n) is 13.9. The van der Waals surface area contributed by atoms with Gasteiger partial charge in [-0.05, 0) is 31.1 Å². The fourth-order valence-electron chi connectivity index (χ4n) is 7.71. The van der Waals surface area contributed by atoms with Crippen LogP contribution >= 0.6 is 0 Å². The maximum absolute atomic E-state index is 14.3. The molecule has 0 aromatic rings. The first-order chi connectivity index (χ1) is 19.2. The molecule has 5 amide bonds. The summed E-state index contributed by atoms with van der Waals surface area (Å²) in [5, 5.41) is 8.18. The number of ketones is 1. The number of carbonyl (C=O) groups is 5. The molecular formula is C29H43N5O7. The highest BCUT2D eigenvalue weighted by molar-refractivity contribution is 6.37. The molecule has 2 saturated carbocycles. The predicted octanol–water partition coefficient (Wildman–Crippen LogP) is 0.597. The number of rotatable bonds is 9. The van der Waals surface area contributed by atoms with E-state index in [0.29, 0.717) is 51.5 Å². The molecule has 5 N–H and O–H groups in total. The van der Waals surface area contributed by atoms with Crippen LogP contribution in [0.15, 0.2) is 12.3 Å². The zero-order valence-electron chi connectivity index (χ0n) is 24.5. The predicted molar refractivity (Wildman–Crippen MR) is 147 cm³/mol. The van der Waals surface area contributed by atoms with Crippen molar-refractivity contribution in [2.45, 2.75) is 77.9 Å². The normalized spacial score (nSPS) is 26.2. The third-order valence-electron chi connectivity index (χ3n) is 10.4. The van der Waals surface area contributed by atoms with Crippen LogP contribution in [0.25, 0.3) is 0 Å². The number of allylic oxidation sites excluding steroid dienone is 1. The molecule has 12 nitrogen and oxygen atoms in total. The van der Waals surface area contributed by atoms with Crippen molar-refractivity contribution < 1.29 is 33.4 Å². The van der Waals surface area contributed by atoms with Crippen molar-refractivity contribution in [3.8, 4) is 0 Å². The van der Waals surface area contributed by atoms with Gasteiger partial charge in [0.15, 0.2) is 0 Å². The number of nitrogens with zero attached hydrogens (tertiary/aromatic N) is 1. The summed E-state index contributed by atoms with van der Waals surface area (Å²) in [4.78, 5) is 67.1. The molecule has 0 bridgehead atoms. The van der Waals surface area contributed by atoms with Gasteiger partial charge in [-0.25, -0.2) is 4.79 Å². The van der Waals surface area contributed by atoms with Gasteiger partial charge in [-0.15, -0.1) is 0 Å². The molecule has 226 valence electrons. The van der Waals surface area contributed by atoms with Crippen LogP contribution in [0.5, 0.6) is 0 Å². The van der Waals surface area contributed by atoms with E-state index in [0.717, 1.165) is 19.3 Å². The van der Waals surface area contributed by atoms with Crippen LogP contribution in [-0.4, -0.2) is 85.5 Å². The number of ether oxygens (including phenoxy) is 2. The van der Waals surface area contributed by atoms with Crippen molar-refractivity contribution in [3.05, 3.63) is 12.3 Å². The minimum atomic E-state index is -1.09.